The van der Waals surface area contributed by atoms with Crippen LogP contribution < -0.4 is 21.7 Å². The van der Waals surface area contributed by atoms with E-state index in [2.05, 4.69) is 9.13 Å². The van der Waals surface area contributed by atoms with Crippen LogP contribution in [0.1, 0.15) is 34.2 Å². The summed E-state index contributed by atoms with van der Waals surface area (Å²) in [6, 6.07) is 20.0. The molecule has 0 aliphatic heterocycles. The van der Waals surface area contributed by atoms with E-state index in [1.807, 2.05) is 140 Å². The fourth-order valence-electron chi connectivity index (χ4n) is 7.66. The SMILES string of the molecule is Cc1c(-c2c(-c3c(C)n(C)c4ccccc34)c(=O)c2=O)c2ccccc2n1C.Cc1cc(-c2c(-c3cc(C)n(C)c3C)c(=O)c2=O)c(C)n1C. The van der Waals surface area contributed by atoms with Crippen LogP contribution in [0.25, 0.3) is 66.3 Å². The van der Waals surface area contributed by atoms with E-state index in [1.54, 1.807) is 0 Å². The molecule has 0 atom stereocenters. The van der Waals surface area contributed by atoms with Crippen molar-refractivity contribution in [3.63, 3.8) is 0 Å². The fourth-order valence-corrected chi connectivity index (χ4v) is 7.66. The summed E-state index contributed by atoms with van der Waals surface area (Å²) in [4.78, 5) is 50.0. The van der Waals surface area contributed by atoms with Crippen molar-refractivity contribution in [1.29, 1.82) is 0 Å². The largest absolute Gasteiger partial charge is 0.352 e. The van der Waals surface area contributed by atoms with Gasteiger partial charge in [0.1, 0.15) is 0 Å². The first-order valence-corrected chi connectivity index (χ1v) is 16.7. The van der Waals surface area contributed by atoms with Crippen molar-refractivity contribution in [3.05, 3.63) is 136 Å². The number of aryl methyl sites for hydroxylation is 4. The number of benzene rings is 2. The summed E-state index contributed by atoms with van der Waals surface area (Å²) in [7, 11) is 7.93. The lowest BCUT2D eigenvalue weighted by atomic mass is 9.87. The van der Waals surface area contributed by atoms with Crippen LogP contribution in [0.15, 0.2) is 79.8 Å². The summed E-state index contributed by atoms with van der Waals surface area (Å²) in [5, 5.41) is 2.02. The van der Waals surface area contributed by atoms with Gasteiger partial charge in [-0.25, -0.2) is 0 Å². The number of nitrogens with zero attached hydrogens (tertiary/aromatic N) is 4. The van der Waals surface area contributed by atoms with Crippen molar-refractivity contribution >= 4 is 21.8 Å². The molecule has 0 aliphatic rings. The molecular weight excluding hydrogens is 624 g/mol. The second kappa shape index (κ2) is 11.4. The summed E-state index contributed by atoms with van der Waals surface area (Å²) in [6.45, 7) is 12.0. The second-order valence-corrected chi connectivity index (χ2v) is 13.6. The van der Waals surface area contributed by atoms with E-state index in [9.17, 15) is 19.2 Å². The van der Waals surface area contributed by atoms with Crippen molar-refractivity contribution in [2.45, 2.75) is 41.5 Å². The van der Waals surface area contributed by atoms with E-state index < -0.39 is 0 Å². The van der Waals surface area contributed by atoms with Gasteiger partial charge in [-0.3, -0.25) is 19.2 Å². The Bertz CT molecular complexity index is 2650. The smallest absolute Gasteiger partial charge is 0.235 e. The van der Waals surface area contributed by atoms with E-state index in [0.717, 1.165) is 78.2 Å². The zero-order valence-corrected chi connectivity index (χ0v) is 30.2. The highest BCUT2D eigenvalue weighted by molar-refractivity contribution is 6.08. The first-order chi connectivity index (χ1) is 23.7. The van der Waals surface area contributed by atoms with Gasteiger partial charge in [-0.1, -0.05) is 36.4 Å². The Morgan fingerprint density at radius 2 is 0.700 bits per heavy atom. The van der Waals surface area contributed by atoms with Crippen LogP contribution in [0.5, 0.6) is 0 Å². The predicted molar refractivity (Wildman–Crippen MR) is 204 cm³/mol. The van der Waals surface area contributed by atoms with E-state index in [4.69, 9.17) is 0 Å². The van der Waals surface area contributed by atoms with Gasteiger partial charge < -0.3 is 18.3 Å². The van der Waals surface area contributed by atoms with Gasteiger partial charge in [0, 0.05) is 129 Å². The van der Waals surface area contributed by atoms with E-state index in [0.29, 0.717) is 22.3 Å². The van der Waals surface area contributed by atoms with E-state index in [-0.39, 0.29) is 21.7 Å². The van der Waals surface area contributed by atoms with Gasteiger partial charge in [-0.05, 0) is 65.8 Å². The molecule has 0 spiro atoms. The van der Waals surface area contributed by atoms with Gasteiger partial charge in [0.15, 0.2) is 0 Å². The summed E-state index contributed by atoms with van der Waals surface area (Å²) >= 11 is 0. The van der Waals surface area contributed by atoms with Crippen molar-refractivity contribution in [1.82, 2.24) is 18.3 Å². The van der Waals surface area contributed by atoms with Crippen molar-refractivity contribution in [2.75, 3.05) is 0 Å². The van der Waals surface area contributed by atoms with Gasteiger partial charge in [0.2, 0.25) is 21.7 Å². The molecule has 8 aromatic rings. The number of rotatable bonds is 4. The van der Waals surface area contributed by atoms with Crippen LogP contribution in [-0.2, 0) is 28.2 Å². The first-order valence-electron chi connectivity index (χ1n) is 16.7. The van der Waals surface area contributed by atoms with Gasteiger partial charge in [-0.2, -0.15) is 0 Å². The Hall–Kier alpha value is -5.76. The Kier molecular flexibility index (Phi) is 7.48. The number of hydrogen-bond donors (Lipinski definition) is 0. The number of fused-ring (bicyclic) bond motifs is 2. The van der Waals surface area contributed by atoms with E-state index in [1.165, 1.54) is 0 Å². The van der Waals surface area contributed by atoms with Crippen molar-refractivity contribution < 1.29 is 0 Å². The number of para-hydroxylation sites is 2. The molecular formula is C42H40N4O4. The second-order valence-electron chi connectivity index (χ2n) is 13.6. The Morgan fingerprint density at radius 3 is 1.02 bits per heavy atom. The highest BCUT2D eigenvalue weighted by atomic mass is 16.2. The number of aromatic nitrogens is 4. The van der Waals surface area contributed by atoms with Crippen LogP contribution in [-0.4, -0.2) is 18.3 Å². The fraction of sp³-hybridized carbons (Fsp3) is 0.238. The minimum Gasteiger partial charge on any atom is -0.352 e. The monoisotopic (exact) mass is 664 g/mol. The molecule has 8 heteroatoms. The van der Waals surface area contributed by atoms with Crippen LogP contribution >= 0.6 is 0 Å². The third kappa shape index (κ3) is 4.37. The molecule has 0 radical (unpaired) electrons. The molecule has 4 aromatic heterocycles. The molecule has 4 heterocycles. The molecule has 0 aliphatic carbocycles. The lowest BCUT2D eigenvalue weighted by Gasteiger charge is -2.13. The van der Waals surface area contributed by atoms with Crippen LogP contribution in [0.4, 0.5) is 0 Å². The first kappa shape index (κ1) is 32.8. The summed E-state index contributed by atoms with van der Waals surface area (Å²) < 4.78 is 8.25. The van der Waals surface area contributed by atoms with Crippen molar-refractivity contribution in [2.24, 2.45) is 28.2 Å². The lowest BCUT2D eigenvalue weighted by molar-refractivity contribution is 0.844. The van der Waals surface area contributed by atoms with Crippen LogP contribution in [0.2, 0.25) is 0 Å². The molecule has 0 N–H and O–H groups in total. The molecule has 8 rings (SSSR count). The standard InChI is InChI=1S/C24H20N2O2.C18H20N2O2/c1-13-19(15-9-5-7-11-17(15)25(13)3)21-22(24(28)23(21)27)20-14(2)26(4)18-12-8-6-10-16(18)20;1-9-7-13(11(3)19(9)5)15-16(18(22)17(15)21)14-8-10(2)20(6)12(14)4/h5-12H,1-4H3;7-8H,1-6H3. The molecule has 0 amide bonds. The average molecular weight is 665 g/mol. The van der Waals surface area contributed by atoms with Gasteiger partial charge in [0.05, 0.1) is 0 Å². The molecule has 0 saturated heterocycles. The molecule has 0 bridgehead atoms. The molecule has 8 nitrogen and oxygen atoms in total. The highest BCUT2D eigenvalue weighted by Crippen LogP contribution is 2.41. The van der Waals surface area contributed by atoms with E-state index >= 15 is 0 Å². The molecule has 0 unspecified atom stereocenters. The molecule has 0 fully saturated rings. The molecule has 4 aromatic carbocycles. The van der Waals surface area contributed by atoms with Crippen LogP contribution in [0.3, 0.4) is 0 Å². The van der Waals surface area contributed by atoms with Gasteiger partial charge in [0.25, 0.3) is 0 Å². The number of hydrogen-bond acceptors (Lipinski definition) is 4. The summed E-state index contributed by atoms with van der Waals surface area (Å²) in [6.07, 6.45) is 0. The quantitative estimate of drug-likeness (QED) is 0.195. The van der Waals surface area contributed by atoms with Crippen LogP contribution in [0, 0.1) is 41.5 Å². The van der Waals surface area contributed by atoms with Crippen molar-refractivity contribution in [3.8, 4) is 44.5 Å². The average Bonchev–Trinajstić information content (AvgIpc) is 3.72. The lowest BCUT2D eigenvalue weighted by Crippen LogP contribution is -2.35. The maximum Gasteiger partial charge on any atom is 0.235 e. The zero-order chi connectivity index (χ0) is 36.1. The maximum atomic E-state index is 12.8. The third-order valence-electron chi connectivity index (χ3n) is 11.2. The zero-order valence-electron chi connectivity index (χ0n) is 30.2. The summed E-state index contributed by atoms with van der Waals surface area (Å²) in [5.74, 6) is 0. The molecule has 0 saturated carbocycles. The highest BCUT2D eigenvalue weighted by Gasteiger charge is 2.31. The minimum absolute atomic E-state index is 0.371. The minimum atomic E-state index is -0.387. The van der Waals surface area contributed by atoms with Gasteiger partial charge >= 0.3 is 0 Å². The topological polar surface area (TPSA) is 88.0 Å². The third-order valence-corrected chi connectivity index (χ3v) is 11.2. The Balaban J connectivity index is 0.000000162. The molecule has 252 valence electrons. The molecule has 50 heavy (non-hydrogen) atoms. The maximum absolute atomic E-state index is 12.8. The summed E-state index contributed by atoms with van der Waals surface area (Å²) in [5.41, 5.74) is 12.5. The predicted octanol–water partition coefficient (Wildman–Crippen LogP) is 6.74. The van der Waals surface area contributed by atoms with Gasteiger partial charge in [-0.15, -0.1) is 0 Å². The normalized spacial score (nSPS) is 11.7. The Labute approximate surface area is 289 Å². The Morgan fingerprint density at radius 1 is 0.380 bits per heavy atom.